The molecule has 0 unspecified atom stereocenters. The monoisotopic (exact) mass is 310 g/mol. The first-order chi connectivity index (χ1) is 10.1. The summed E-state index contributed by atoms with van der Waals surface area (Å²) in [6.07, 6.45) is 7.12. The molecule has 1 aromatic rings. The fraction of sp³-hybridized carbons (Fsp3) is 0.667. The van der Waals surface area contributed by atoms with Gasteiger partial charge in [0, 0.05) is 38.2 Å². The fourth-order valence-corrected chi connectivity index (χ4v) is 4.93. The number of rotatable bonds is 6. The van der Waals surface area contributed by atoms with Crippen LogP contribution in [0.2, 0.25) is 0 Å². The SMILES string of the molecule is O=S(=O)(CC1CCOCC1)N(Cc1cccnc1)C1CC1. The van der Waals surface area contributed by atoms with Crippen LogP contribution in [0.5, 0.6) is 0 Å². The highest BCUT2D eigenvalue weighted by molar-refractivity contribution is 7.89. The second kappa shape index (κ2) is 6.42. The van der Waals surface area contributed by atoms with Crippen molar-refractivity contribution in [3.8, 4) is 0 Å². The molecule has 2 heterocycles. The molecule has 1 aliphatic carbocycles. The van der Waals surface area contributed by atoms with Gasteiger partial charge in [-0.3, -0.25) is 4.98 Å². The van der Waals surface area contributed by atoms with Crippen LogP contribution >= 0.6 is 0 Å². The molecule has 2 fully saturated rings. The molecule has 5 nitrogen and oxygen atoms in total. The molecule has 0 spiro atoms. The van der Waals surface area contributed by atoms with E-state index in [1.54, 1.807) is 16.7 Å². The van der Waals surface area contributed by atoms with Crippen LogP contribution in [0.3, 0.4) is 0 Å². The van der Waals surface area contributed by atoms with Crippen LogP contribution in [-0.2, 0) is 21.3 Å². The predicted octanol–water partition coefficient (Wildman–Crippen LogP) is 1.80. The van der Waals surface area contributed by atoms with Gasteiger partial charge in [-0.05, 0) is 43.2 Å². The summed E-state index contributed by atoms with van der Waals surface area (Å²) in [5, 5.41) is 0. The Morgan fingerprint density at radius 3 is 2.62 bits per heavy atom. The Balaban J connectivity index is 1.70. The molecule has 0 aromatic carbocycles. The van der Waals surface area contributed by atoms with E-state index in [2.05, 4.69) is 4.98 Å². The van der Waals surface area contributed by atoms with Gasteiger partial charge in [-0.1, -0.05) is 6.07 Å². The van der Waals surface area contributed by atoms with E-state index >= 15 is 0 Å². The highest BCUT2D eigenvalue weighted by Gasteiger charge is 2.38. The molecule has 3 rings (SSSR count). The lowest BCUT2D eigenvalue weighted by molar-refractivity contribution is 0.0720. The molecular formula is C15H22N2O3S. The number of ether oxygens (including phenoxy) is 1. The zero-order valence-corrected chi connectivity index (χ0v) is 13.0. The van der Waals surface area contributed by atoms with Gasteiger partial charge in [-0.25, -0.2) is 8.42 Å². The van der Waals surface area contributed by atoms with Crippen LogP contribution in [0.15, 0.2) is 24.5 Å². The summed E-state index contributed by atoms with van der Waals surface area (Å²) in [6, 6.07) is 3.98. The third-order valence-corrected chi connectivity index (χ3v) is 6.19. The zero-order chi connectivity index (χ0) is 14.7. The van der Waals surface area contributed by atoms with Gasteiger partial charge in [-0.2, -0.15) is 4.31 Å². The van der Waals surface area contributed by atoms with Crippen molar-refractivity contribution in [3.63, 3.8) is 0 Å². The second-order valence-electron chi connectivity index (χ2n) is 5.97. The van der Waals surface area contributed by atoms with Crippen LogP contribution in [0, 0.1) is 5.92 Å². The molecule has 0 N–H and O–H groups in total. The largest absolute Gasteiger partial charge is 0.381 e. The summed E-state index contributed by atoms with van der Waals surface area (Å²) in [4.78, 5) is 4.08. The van der Waals surface area contributed by atoms with Crippen LogP contribution in [-0.4, -0.2) is 42.7 Å². The Hall–Kier alpha value is -0.980. The third-order valence-electron chi connectivity index (χ3n) is 4.16. The van der Waals surface area contributed by atoms with Gasteiger partial charge >= 0.3 is 0 Å². The van der Waals surface area contributed by atoms with Crippen molar-refractivity contribution in [1.82, 2.24) is 9.29 Å². The van der Waals surface area contributed by atoms with Gasteiger partial charge in [-0.15, -0.1) is 0 Å². The maximum absolute atomic E-state index is 12.7. The third kappa shape index (κ3) is 4.02. The minimum absolute atomic E-state index is 0.190. The minimum Gasteiger partial charge on any atom is -0.381 e. The average Bonchev–Trinajstić information content (AvgIpc) is 3.31. The Morgan fingerprint density at radius 1 is 1.24 bits per heavy atom. The molecule has 0 atom stereocenters. The first kappa shape index (κ1) is 14.9. The fourth-order valence-electron chi connectivity index (χ4n) is 2.80. The molecule has 1 saturated heterocycles. The lowest BCUT2D eigenvalue weighted by atomic mass is 10.0. The molecule has 1 saturated carbocycles. The maximum atomic E-state index is 12.7. The van der Waals surface area contributed by atoms with Gasteiger partial charge in [0.25, 0.3) is 0 Å². The number of aromatic nitrogens is 1. The smallest absolute Gasteiger partial charge is 0.214 e. The highest BCUT2D eigenvalue weighted by Crippen LogP contribution is 2.32. The molecule has 2 aliphatic rings. The number of hydrogen-bond donors (Lipinski definition) is 0. The molecule has 116 valence electrons. The van der Waals surface area contributed by atoms with E-state index in [1.165, 1.54) is 0 Å². The maximum Gasteiger partial charge on any atom is 0.214 e. The summed E-state index contributed by atoms with van der Waals surface area (Å²) >= 11 is 0. The number of hydrogen-bond acceptors (Lipinski definition) is 4. The molecule has 1 aromatic heterocycles. The van der Waals surface area contributed by atoms with Gasteiger partial charge < -0.3 is 4.74 Å². The van der Waals surface area contributed by atoms with E-state index < -0.39 is 10.0 Å². The van der Waals surface area contributed by atoms with Crippen molar-refractivity contribution >= 4 is 10.0 Å². The molecule has 0 bridgehead atoms. The van der Waals surface area contributed by atoms with E-state index in [9.17, 15) is 8.42 Å². The van der Waals surface area contributed by atoms with E-state index in [4.69, 9.17) is 4.74 Å². The van der Waals surface area contributed by atoms with Crippen molar-refractivity contribution in [2.75, 3.05) is 19.0 Å². The number of pyridine rings is 1. The van der Waals surface area contributed by atoms with Gasteiger partial charge in [0.15, 0.2) is 0 Å². The van der Waals surface area contributed by atoms with E-state index in [0.717, 1.165) is 31.2 Å². The minimum atomic E-state index is -3.21. The topological polar surface area (TPSA) is 59.5 Å². The Kier molecular flexibility index (Phi) is 4.57. The lowest BCUT2D eigenvalue weighted by Crippen LogP contribution is -2.37. The summed E-state index contributed by atoms with van der Waals surface area (Å²) in [5.74, 6) is 0.492. The summed E-state index contributed by atoms with van der Waals surface area (Å²) in [6.45, 7) is 1.82. The molecule has 6 heteroatoms. The molecule has 21 heavy (non-hydrogen) atoms. The normalized spacial score (nSPS) is 20.8. The van der Waals surface area contributed by atoms with Crippen LogP contribution < -0.4 is 0 Å². The Bertz CT molecular complexity index is 552. The lowest BCUT2D eigenvalue weighted by Gasteiger charge is -2.27. The van der Waals surface area contributed by atoms with Crippen molar-refractivity contribution in [1.29, 1.82) is 0 Å². The quantitative estimate of drug-likeness (QED) is 0.804. The molecular weight excluding hydrogens is 288 g/mol. The van der Waals surface area contributed by atoms with Crippen molar-refractivity contribution < 1.29 is 13.2 Å². The van der Waals surface area contributed by atoms with Crippen LogP contribution in [0.25, 0.3) is 0 Å². The standard InChI is InChI=1S/C15H22N2O3S/c18-21(19,12-13-5-8-20-9-6-13)17(15-3-4-15)11-14-2-1-7-16-10-14/h1-2,7,10,13,15H,3-6,8-9,11-12H2. The Morgan fingerprint density at radius 2 is 2.00 bits per heavy atom. The second-order valence-corrected chi connectivity index (χ2v) is 7.94. The van der Waals surface area contributed by atoms with E-state index in [0.29, 0.717) is 19.8 Å². The predicted molar refractivity (Wildman–Crippen MR) is 80.1 cm³/mol. The van der Waals surface area contributed by atoms with E-state index in [-0.39, 0.29) is 17.7 Å². The number of sulfonamides is 1. The summed E-state index contributed by atoms with van der Waals surface area (Å²) < 4.78 is 32.5. The number of nitrogens with zero attached hydrogens (tertiary/aromatic N) is 2. The van der Waals surface area contributed by atoms with Gasteiger partial charge in [0.05, 0.1) is 5.75 Å². The first-order valence-electron chi connectivity index (χ1n) is 7.61. The van der Waals surface area contributed by atoms with E-state index in [1.807, 2.05) is 12.1 Å². The zero-order valence-electron chi connectivity index (χ0n) is 12.1. The van der Waals surface area contributed by atoms with Crippen LogP contribution in [0.1, 0.15) is 31.2 Å². The van der Waals surface area contributed by atoms with Crippen molar-refractivity contribution in [2.24, 2.45) is 5.92 Å². The average molecular weight is 310 g/mol. The van der Waals surface area contributed by atoms with Crippen LogP contribution in [0.4, 0.5) is 0 Å². The molecule has 0 amide bonds. The Labute approximate surface area is 126 Å². The first-order valence-corrected chi connectivity index (χ1v) is 9.22. The van der Waals surface area contributed by atoms with Crippen molar-refractivity contribution in [3.05, 3.63) is 30.1 Å². The van der Waals surface area contributed by atoms with Crippen molar-refractivity contribution in [2.45, 2.75) is 38.3 Å². The van der Waals surface area contributed by atoms with Gasteiger partial charge in [0.2, 0.25) is 10.0 Å². The summed E-state index contributed by atoms with van der Waals surface area (Å²) in [7, 11) is -3.21. The van der Waals surface area contributed by atoms with Gasteiger partial charge in [0.1, 0.15) is 0 Å². The highest BCUT2D eigenvalue weighted by atomic mass is 32.2. The molecule has 0 radical (unpaired) electrons. The molecule has 1 aliphatic heterocycles. The summed E-state index contributed by atoms with van der Waals surface area (Å²) in [5.41, 5.74) is 0.958.